The summed E-state index contributed by atoms with van der Waals surface area (Å²) in [5, 5.41) is 13.4. The van der Waals surface area contributed by atoms with Crippen LogP contribution in [0.15, 0.2) is 18.2 Å². The van der Waals surface area contributed by atoms with Gasteiger partial charge in [0.25, 0.3) is 0 Å². The van der Waals surface area contributed by atoms with E-state index in [-0.39, 0.29) is 12.1 Å². The second kappa shape index (κ2) is 4.88. The van der Waals surface area contributed by atoms with E-state index in [1.807, 2.05) is 0 Å². The van der Waals surface area contributed by atoms with Gasteiger partial charge in [-0.15, -0.1) is 0 Å². The monoisotopic (exact) mass is 219 g/mol. The smallest absolute Gasteiger partial charge is 0.0741 e. The van der Waals surface area contributed by atoms with Crippen LogP contribution >= 0.6 is 0 Å². The van der Waals surface area contributed by atoms with Gasteiger partial charge in [0.2, 0.25) is 0 Å². The van der Waals surface area contributed by atoms with Gasteiger partial charge in [0.05, 0.1) is 12.1 Å². The van der Waals surface area contributed by atoms with Crippen LogP contribution in [0.4, 0.5) is 5.69 Å². The first-order valence-corrected chi connectivity index (χ1v) is 6.18. The summed E-state index contributed by atoms with van der Waals surface area (Å²) >= 11 is 0. The highest BCUT2D eigenvalue weighted by molar-refractivity contribution is 5.52. The summed E-state index contributed by atoms with van der Waals surface area (Å²) in [6, 6.07) is 6.64. The first-order chi connectivity index (χ1) is 7.66. The van der Waals surface area contributed by atoms with Gasteiger partial charge >= 0.3 is 0 Å². The van der Waals surface area contributed by atoms with Gasteiger partial charge in [0, 0.05) is 5.69 Å². The van der Waals surface area contributed by atoms with Crippen LogP contribution in [0, 0.1) is 13.8 Å². The molecule has 0 amide bonds. The molecule has 0 saturated heterocycles. The second-order valence-corrected chi connectivity index (χ2v) is 4.92. The molecule has 1 aliphatic carbocycles. The molecule has 2 atom stereocenters. The van der Waals surface area contributed by atoms with Gasteiger partial charge in [-0.05, 0) is 38.3 Å². The van der Waals surface area contributed by atoms with E-state index in [1.54, 1.807) is 0 Å². The van der Waals surface area contributed by atoms with Crippen LogP contribution < -0.4 is 5.32 Å². The molecule has 0 aromatic heterocycles. The van der Waals surface area contributed by atoms with Crippen molar-refractivity contribution in [3.05, 3.63) is 29.3 Å². The number of aliphatic hydroxyl groups is 1. The minimum atomic E-state index is -0.186. The molecule has 1 aromatic carbocycles. The van der Waals surface area contributed by atoms with Gasteiger partial charge < -0.3 is 10.4 Å². The zero-order valence-corrected chi connectivity index (χ0v) is 10.2. The SMILES string of the molecule is Cc1ccc(N[C@@H]2CCCC[C@H]2O)c(C)c1. The molecule has 1 saturated carbocycles. The zero-order valence-electron chi connectivity index (χ0n) is 10.2. The third-order valence-corrected chi connectivity index (χ3v) is 3.45. The van der Waals surface area contributed by atoms with E-state index in [4.69, 9.17) is 0 Å². The fourth-order valence-electron chi connectivity index (χ4n) is 2.45. The topological polar surface area (TPSA) is 32.3 Å². The summed E-state index contributed by atoms with van der Waals surface area (Å²) < 4.78 is 0. The molecule has 0 aliphatic heterocycles. The van der Waals surface area contributed by atoms with Gasteiger partial charge in [-0.3, -0.25) is 0 Å². The number of hydrogen-bond donors (Lipinski definition) is 2. The van der Waals surface area contributed by atoms with Crippen molar-refractivity contribution < 1.29 is 5.11 Å². The lowest BCUT2D eigenvalue weighted by molar-refractivity contribution is 0.116. The van der Waals surface area contributed by atoms with Crippen LogP contribution in [-0.2, 0) is 0 Å². The Labute approximate surface area is 97.7 Å². The highest BCUT2D eigenvalue weighted by atomic mass is 16.3. The molecule has 2 N–H and O–H groups in total. The van der Waals surface area contributed by atoms with E-state index in [9.17, 15) is 5.11 Å². The Kier molecular flexibility index (Phi) is 3.49. The molecule has 0 radical (unpaired) electrons. The normalized spacial score (nSPS) is 25.4. The Morgan fingerprint density at radius 2 is 1.94 bits per heavy atom. The standard InChI is InChI=1S/C14H21NO/c1-10-7-8-12(11(2)9-10)15-13-5-3-4-6-14(13)16/h7-9,13-16H,3-6H2,1-2H3/t13-,14-/m1/s1. The average Bonchev–Trinajstić information content (AvgIpc) is 2.25. The maximum atomic E-state index is 9.91. The number of hydrogen-bond acceptors (Lipinski definition) is 2. The quantitative estimate of drug-likeness (QED) is 0.801. The van der Waals surface area contributed by atoms with Crippen LogP contribution in [0.5, 0.6) is 0 Å². The molecule has 0 heterocycles. The number of rotatable bonds is 2. The molecule has 1 fully saturated rings. The summed E-state index contributed by atoms with van der Waals surface area (Å²) in [4.78, 5) is 0. The Bertz CT molecular complexity index is 362. The molecular weight excluding hydrogens is 198 g/mol. The first-order valence-electron chi connectivity index (χ1n) is 6.18. The van der Waals surface area contributed by atoms with E-state index >= 15 is 0 Å². The molecule has 2 nitrogen and oxygen atoms in total. The molecule has 0 bridgehead atoms. The Morgan fingerprint density at radius 1 is 1.19 bits per heavy atom. The van der Waals surface area contributed by atoms with E-state index in [1.165, 1.54) is 17.5 Å². The largest absolute Gasteiger partial charge is 0.391 e. The average molecular weight is 219 g/mol. The fraction of sp³-hybridized carbons (Fsp3) is 0.571. The molecule has 0 unspecified atom stereocenters. The van der Waals surface area contributed by atoms with Crippen molar-refractivity contribution in [2.75, 3.05) is 5.32 Å². The Morgan fingerprint density at radius 3 is 2.62 bits per heavy atom. The van der Waals surface area contributed by atoms with Crippen molar-refractivity contribution in [1.29, 1.82) is 0 Å². The highest BCUT2D eigenvalue weighted by Gasteiger charge is 2.22. The molecular formula is C14H21NO. The van der Waals surface area contributed by atoms with E-state index < -0.39 is 0 Å². The minimum Gasteiger partial charge on any atom is -0.391 e. The van der Waals surface area contributed by atoms with E-state index in [0.717, 1.165) is 24.9 Å². The van der Waals surface area contributed by atoms with Crippen LogP contribution in [0.25, 0.3) is 0 Å². The van der Waals surface area contributed by atoms with Crippen LogP contribution in [0.1, 0.15) is 36.8 Å². The number of aryl methyl sites for hydroxylation is 2. The second-order valence-electron chi connectivity index (χ2n) is 4.92. The maximum absolute atomic E-state index is 9.91. The number of benzene rings is 1. The summed E-state index contributed by atoms with van der Waals surface area (Å²) in [6.45, 7) is 4.22. The molecule has 1 aromatic rings. The summed E-state index contributed by atoms with van der Waals surface area (Å²) in [6.07, 6.45) is 4.21. The fourth-order valence-corrected chi connectivity index (χ4v) is 2.45. The van der Waals surface area contributed by atoms with Gasteiger partial charge in [-0.1, -0.05) is 30.5 Å². The number of anilines is 1. The molecule has 88 valence electrons. The van der Waals surface area contributed by atoms with Crippen molar-refractivity contribution in [2.45, 2.75) is 51.7 Å². The lowest BCUT2D eigenvalue weighted by Gasteiger charge is -2.29. The predicted octanol–water partition coefficient (Wildman–Crippen LogP) is 3.02. The highest BCUT2D eigenvalue weighted by Crippen LogP contribution is 2.24. The third kappa shape index (κ3) is 2.56. The first kappa shape index (κ1) is 11.5. The van der Waals surface area contributed by atoms with Crippen molar-refractivity contribution in [3.63, 3.8) is 0 Å². The van der Waals surface area contributed by atoms with Crippen molar-refractivity contribution in [1.82, 2.24) is 0 Å². The molecule has 1 aliphatic rings. The van der Waals surface area contributed by atoms with Crippen LogP contribution in [0.2, 0.25) is 0 Å². The zero-order chi connectivity index (χ0) is 11.5. The molecule has 0 spiro atoms. The Balaban J connectivity index is 2.07. The number of nitrogens with one attached hydrogen (secondary N) is 1. The third-order valence-electron chi connectivity index (χ3n) is 3.45. The molecule has 2 heteroatoms. The van der Waals surface area contributed by atoms with Crippen molar-refractivity contribution in [2.24, 2.45) is 0 Å². The minimum absolute atomic E-state index is 0.186. The lowest BCUT2D eigenvalue weighted by atomic mass is 9.92. The lowest BCUT2D eigenvalue weighted by Crippen LogP contribution is -2.36. The predicted molar refractivity (Wildman–Crippen MR) is 67.8 cm³/mol. The van der Waals surface area contributed by atoms with Crippen molar-refractivity contribution >= 4 is 5.69 Å². The maximum Gasteiger partial charge on any atom is 0.0741 e. The van der Waals surface area contributed by atoms with Crippen LogP contribution in [-0.4, -0.2) is 17.3 Å². The summed E-state index contributed by atoms with van der Waals surface area (Å²) in [5.74, 6) is 0. The summed E-state index contributed by atoms with van der Waals surface area (Å²) in [5.41, 5.74) is 3.71. The van der Waals surface area contributed by atoms with Gasteiger partial charge in [0.15, 0.2) is 0 Å². The van der Waals surface area contributed by atoms with Gasteiger partial charge in [0.1, 0.15) is 0 Å². The van der Waals surface area contributed by atoms with Crippen molar-refractivity contribution in [3.8, 4) is 0 Å². The Hall–Kier alpha value is -1.02. The molecule has 2 rings (SSSR count). The molecule has 16 heavy (non-hydrogen) atoms. The van der Waals surface area contributed by atoms with Crippen LogP contribution in [0.3, 0.4) is 0 Å². The summed E-state index contributed by atoms with van der Waals surface area (Å²) in [7, 11) is 0. The number of aliphatic hydroxyl groups excluding tert-OH is 1. The van der Waals surface area contributed by atoms with E-state index in [2.05, 4.69) is 37.4 Å². The van der Waals surface area contributed by atoms with Gasteiger partial charge in [-0.25, -0.2) is 0 Å². The van der Waals surface area contributed by atoms with Gasteiger partial charge in [-0.2, -0.15) is 0 Å². The van der Waals surface area contributed by atoms with E-state index in [0.29, 0.717) is 0 Å².